The maximum absolute atomic E-state index is 10.9. The average Bonchev–Trinajstić information content (AvgIpc) is 2.37. The van der Waals surface area contributed by atoms with Gasteiger partial charge in [-0.1, -0.05) is 0 Å². The Morgan fingerprint density at radius 3 is 2.72 bits per heavy atom. The van der Waals surface area contributed by atoms with E-state index in [2.05, 4.69) is 14.9 Å². The van der Waals surface area contributed by atoms with E-state index in [1.807, 2.05) is 6.07 Å². The van der Waals surface area contributed by atoms with Gasteiger partial charge in [-0.15, -0.1) is 0 Å². The number of hydrogen-bond donors (Lipinski definition) is 0. The van der Waals surface area contributed by atoms with Crippen molar-refractivity contribution in [3.8, 4) is 0 Å². The summed E-state index contributed by atoms with van der Waals surface area (Å²) in [4.78, 5) is 10.3. The normalized spacial score (nSPS) is 17.9. The van der Waals surface area contributed by atoms with Crippen molar-refractivity contribution in [2.45, 2.75) is 12.8 Å². The average molecular weight is 271 g/mol. The largest absolute Gasteiger partial charge is 0.356 e. The van der Waals surface area contributed by atoms with Crippen LogP contribution in [0.4, 0.5) is 5.82 Å². The predicted octanol–water partition coefficient (Wildman–Crippen LogP) is 0.669. The van der Waals surface area contributed by atoms with Crippen LogP contribution in [0.1, 0.15) is 12.8 Å². The molecular weight excluding hydrogens is 254 g/mol. The van der Waals surface area contributed by atoms with Gasteiger partial charge in [-0.3, -0.25) is 4.18 Å². The van der Waals surface area contributed by atoms with E-state index in [4.69, 9.17) is 4.18 Å². The fourth-order valence-electron chi connectivity index (χ4n) is 2.02. The van der Waals surface area contributed by atoms with Gasteiger partial charge in [0.15, 0.2) is 0 Å². The monoisotopic (exact) mass is 271 g/mol. The number of rotatable bonds is 4. The lowest BCUT2D eigenvalue weighted by atomic mass is 9.98. The van der Waals surface area contributed by atoms with Crippen molar-refractivity contribution in [2.24, 2.45) is 5.92 Å². The third kappa shape index (κ3) is 3.92. The van der Waals surface area contributed by atoms with Gasteiger partial charge in [-0.05, 0) is 24.8 Å². The van der Waals surface area contributed by atoms with E-state index in [1.165, 1.54) is 6.33 Å². The van der Waals surface area contributed by atoms with E-state index >= 15 is 0 Å². The van der Waals surface area contributed by atoms with Crippen LogP contribution in [0, 0.1) is 5.92 Å². The Hall–Kier alpha value is -1.21. The first-order valence-electron chi connectivity index (χ1n) is 5.90. The van der Waals surface area contributed by atoms with Gasteiger partial charge in [0.05, 0.1) is 12.9 Å². The molecule has 2 heterocycles. The van der Waals surface area contributed by atoms with Crippen LogP contribution in [0.3, 0.4) is 0 Å². The summed E-state index contributed by atoms with van der Waals surface area (Å²) in [5.74, 6) is 1.23. The van der Waals surface area contributed by atoms with Gasteiger partial charge >= 0.3 is 0 Å². The molecular formula is C11H17N3O3S. The number of piperidine rings is 1. The summed E-state index contributed by atoms with van der Waals surface area (Å²) in [6, 6.07) is 1.88. The molecule has 7 heteroatoms. The highest BCUT2D eigenvalue weighted by Gasteiger charge is 2.21. The lowest BCUT2D eigenvalue weighted by Crippen LogP contribution is -2.35. The van der Waals surface area contributed by atoms with Crippen LogP contribution in [-0.4, -0.2) is 44.3 Å². The summed E-state index contributed by atoms with van der Waals surface area (Å²) in [6.45, 7) is 2.03. The van der Waals surface area contributed by atoms with Crippen molar-refractivity contribution in [3.05, 3.63) is 18.6 Å². The molecule has 1 aliphatic heterocycles. The Labute approximate surface area is 107 Å². The van der Waals surface area contributed by atoms with E-state index in [0.29, 0.717) is 5.92 Å². The minimum Gasteiger partial charge on any atom is -0.356 e. The van der Waals surface area contributed by atoms with E-state index < -0.39 is 10.1 Å². The third-order valence-corrected chi connectivity index (χ3v) is 3.59. The second kappa shape index (κ2) is 5.62. The quantitative estimate of drug-likeness (QED) is 0.749. The Bertz CT molecular complexity index is 470. The van der Waals surface area contributed by atoms with Gasteiger partial charge in [-0.2, -0.15) is 8.42 Å². The van der Waals surface area contributed by atoms with Crippen LogP contribution in [-0.2, 0) is 14.3 Å². The molecule has 1 fully saturated rings. The van der Waals surface area contributed by atoms with Crippen LogP contribution < -0.4 is 4.90 Å². The zero-order chi connectivity index (χ0) is 13.0. The fraction of sp³-hybridized carbons (Fsp3) is 0.636. The van der Waals surface area contributed by atoms with Crippen molar-refractivity contribution in [1.82, 2.24) is 9.97 Å². The van der Waals surface area contributed by atoms with Crippen molar-refractivity contribution in [3.63, 3.8) is 0 Å². The minimum absolute atomic E-state index is 0.288. The molecule has 100 valence electrons. The predicted molar refractivity (Wildman–Crippen MR) is 67.8 cm³/mol. The van der Waals surface area contributed by atoms with E-state index in [-0.39, 0.29) is 6.61 Å². The van der Waals surface area contributed by atoms with Crippen LogP contribution in [0.5, 0.6) is 0 Å². The number of nitrogens with zero attached hydrogens (tertiary/aromatic N) is 3. The summed E-state index contributed by atoms with van der Waals surface area (Å²) in [6.07, 6.45) is 6.18. The zero-order valence-electron chi connectivity index (χ0n) is 10.3. The SMILES string of the molecule is CS(=O)(=O)OCC1CCN(c2ccncn2)CC1. The lowest BCUT2D eigenvalue weighted by Gasteiger charge is -2.32. The van der Waals surface area contributed by atoms with E-state index in [0.717, 1.165) is 38.0 Å². The Morgan fingerprint density at radius 1 is 1.44 bits per heavy atom. The molecule has 0 saturated carbocycles. The summed E-state index contributed by atoms with van der Waals surface area (Å²) < 4.78 is 26.7. The highest BCUT2D eigenvalue weighted by molar-refractivity contribution is 7.85. The first-order valence-corrected chi connectivity index (χ1v) is 7.71. The molecule has 0 aromatic carbocycles. The molecule has 0 aliphatic carbocycles. The Kier molecular flexibility index (Phi) is 4.13. The summed E-state index contributed by atoms with van der Waals surface area (Å²) >= 11 is 0. The van der Waals surface area contributed by atoms with Gasteiger partial charge in [-0.25, -0.2) is 9.97 Å². The molecule has 0 unspecified atom stereocenters. The molecule has 0 bridgehead atoms. The van der Waals surface area contributed by atoms with Crippen LogP contribution >= 0.6 is 0 Å². The number of hydrogen-bond acceptors (Lipinski definition) is 6. The van der Waals surface area contributed by atoms with E-state index in [1.54, 1.807) is 6.20 Å². The molecule has 0 radical (unpaired) electrons. The Morgan fingerprint density at radius 2 is 2.17 bits per heavy atom. The van der Waals surface area contributed by atoms with Crippen molar-refractivity contribution >= 4 is 15.9 Å². The highest BCUT2D eigenvalue weighted by Crippen LogP contribution is 2.21. The molecule has 0 N–H and O–H groups in total. The number of anilines is 1. The summed E-state index contributed by atoms with van der Waals surface area (Å²) in [7, 11) is -3.32. The summed E-state index contributed by atoms with van der Waals surface area (Å²) in [5, 5.41) is 0. The highest BCUT2D eigenvalue weighted by atomic mass is 32.2. The standard InChI is InChI=1S/C11H17N3O3S/c1-18(15,16)17-8-10-3-6-14(7-4-10)11-2-5-12-9-13-11/h2,5,9-10H,3-4,6-8H2,1H3. The van der Waals surface area contributed by atoms with Gasteiger partial charge in [0, 0.05) is 19.3 Å². The summed E-state index contributed by atoms with van der Waals surface area (Å²) in [5.41, 5.74) is 0. The molecule has 0 spiro atoms. The molecule has 0 amide bonds. The molecule has 18 heavy (non-hydrogen) atoms. The van der Waals surface area contributed by atoms with Crippen LogP contribution in [0.15, 0.2) is 18.6 Å². The van der Waals surface area contributed by atoms with Gasteiger partial charge in [0.1, 0.15) is 12.1 Å². The molecule has 2 rings (SSSR count). The molecule has 1 saturated heterocycles. The topological polar surface area (TPSA) is 72.4 Å². The van der Waals surface area contributed by atoms with Gasteiger partial charge < -0.3 is 4.90 Å². The van der Waals surface area contributed by atoms with Gasteiger partial charge in [0.25, 0.3) is 10.1 Å². The first-order chi connectivity index (χ1) is 8.54. The molecule has 1 aliphatic rings. The van der Waals surface area contributed by atoms with Crippen LogP contribution in [0.2, 0.25) is 0 Å². The molecule has 1 aromatic rings. The Balaban J connectivity index is 1.82. The second-order valence-electron chi connectivity index (χ2n) is 4.49. The molecule has 1 aromatic heterocycles. The van der Waals surface area contributed by atoms with Gasteiger partial charge in [0.2, 0.25) is 0 Å². The molecule has 6 nitrogen and oxygen atoms in total. The second-order valence-corrected chi connectivity index (χ2v) is 6.13. The smallest absolute Gasteiger partial charge is 0.264 e. The maximum Gasteiger partial charge on any atom is 0.264 e. The minimum atomic E-state index is -3.32. The lowest BCUT2D eigenvalue weighted by molar-refractivity contribution is 0.229. The third-order valence-electron chi connectivity index (χ3n) is 3.02. The van der Waals surface area contributed by atoms with Crippen molar-refractivity contribution < 1.29 is 12.6 Å². The van der Waals surface area contributed by atoms with Crippen molar-refractivity contribution in [2.75, 3.05) is 30.9 Å². The number of aromatic nitrogens is 2. The first kappa shape index (κ1) is 13.2. The zero-order valence-corrected chi connectivity index (χ0v) is 11.1. The van der Waals surface area contributed by atoms with Crippen molar-refractivity contribution in [1.29, 1.82) is 0 Å². The van der Waals surface area contributed by atoms with Crippen LogP contribution in [0.25, 0.3) is 0 Å². The fourth-order valence-corrected chi connectivity index (χ4v) is 2.46. The maximum atomic E-state index is 10.9. The van der Waals surface area contributed by atoms with E-state index in [9.17, 15) is 8.42 Å². The molecule has 0 atom stereocenters.